The molecule has 0 bridgehead atoms. The normalized spacial score (nSPS) is 10.9. The number of amides is 2. The number of carbonyl (C=O) groups is 1. The Bertz CT molecular complexity index is 1170. The summed E-state index contributed by atoms with van der Waals surface area (Å²) >= 11 is 3.06. The maximum Gasteiger partial charge on any atom is 0.325 e. The van der Waals surface area contributed by atoms with E-state index in [2.05, 4.69) is 30.9 Å². The summed E-state index contributed by atoms with van der Waals surface area (Å²) in [5.41, 5.74) is 1.60. The van der Waals surface area contributed by atoms with Crippen molar-refractivity contribution < 1.29 is 9.53 Å². The molecule has 0 spiro atoms. The van der Waals surface area contributed by atoms with Gasteiger partial charge in [-0.1, -0.05) is 6.07 Å². The van der Waals surface area contributed by atoms with Crippen LogP contribution in [0.25, 0.3) is 10.2 Å². The Balaban J connectivity index is 1.28. The van der Waals surface area contributed by atoms with Gasteiger partial charge in [-0.3, -0.25) is 5.32 Å². The maximum atomic E-state index is 12.3. The molecule has 0 aliphatic carbocycles. The molecular weight excluding hydrogens is 432 g/mol. The van der Waals surface area contributed by atoms with Gasteiger partial charge in [0.25, 0.3) is 0 Å². The van der Waals surface area contributed by atoms with Crippen molar-refractivity contribution in [1.29, 1.82) is 0 Å². The van der Waals surface area contributed by atoms with Gasteiger partial charge >= 0.3 is 6.03 Å². The molecule has 8 nitrogen and oxygen atoms in total. The van der Waals surface area contributed by atoms with Crippen LogP contribution in [0.3, 0.4) is 0 Å². The number of benzene rings is 1. The van der Waals surface area contributed by atoms with Crippen molar-refractivity contribution in [3.8, 4) is 5.75 Å². The highest BCUT2D eigenvalue weighted by molar-refractivity contribution is 7.17. The van der Waals surface area contributed by atoms with Crippen molar-refractivity contribution in [3.05, 3.63) is 53.1 Å². The molecule has 3 heterocycles. The number of aromatic nitrogens is 3. The predicted octanol–water partition coefficient (Wildman–Crippen LogP) is 5.23. The molecule has 0 radical (unpaired) electrons. The van der Waals surface area contributed by atoms with Gasteiger partial charge in [0.15, 0.2) is 5.13 Å². The molecule has 4 aromatic rings. The van der Waals surface area contributed by atoms with Crippen LogP contribution in [-0.4, -0.2) is 33.6 Å². The molecular formula is C21H22N6O2S2. The fraction of sp³-hybridized carbons (Fsp3) is 0.238. The maximum absolute atomic E-state index is 12.3. The number of urea groups is 1. The van der Waals surface area contributed by atoms with Gasteiger partial charge < -0.3 is 15.4 Å². The molecule has 0 atom stereocenters. The van der Waals surface area contributed by atoms with Crippen LogP contribution < -0.4 is 20.7 Å². The lowest BCUT2D eigenvalue weighted by Crippen LogP contribution is -2.19. The van der Waals surface area contributed by atoms with Crippen LogP contribution in [0, 0.1) is 0 Å². The van der Waals surface area contributed by atoms with E-state index in [1.807, 2.05) is 43.5 Å². The first-order chi connectivity index (χ1) is 15.1. The van der Waals surface area contributed by atoms with Crippen LogP contribution >= 0.6 is 22.7 Å². The summed E-state index contributed by atoms with van der Waals surface area (Å²) < 4.78 is 6.70. The van der Waals surface area contributed by atoms with E-state index < -0.39 is 0 Å². The monoisotopic (exact) mass is 454 g/mol. The molecule has 1 aromatic carbocycles. The van der Waals surface area contributed by atoms with Crippen molar-refractivity contribution in [3.63, 3.8) is 0 Å². The fourth-order valence-electron chi connectivity index (χ4n) is 2.88. The third-order valence-electron chi connectivity index (χ3n) is 4.14. The lowest BCUT2D eigenvalue weighted by molar-refractivity contribution is 0.242. The number of carbonyl (C=O) groups excluding carboxylic acids is 1. The molecule has 160 valence electrons. The number of rotatable bonds is 8. The second kappa shape index (κ2) is 9.71. The van der Waals surface area contributed by atoms with Crippen molar-refractivity contribution in [1.82, 2.24) is 15.0 Å². The Morgan fingerprint density at radius 1 is 1.16 bits per heavy atom. The van der Waals surface area contributed by atoms with Gasteiger partial charge in [-0.05, 0) is 37.4 Å². The number of fused-ring (bicyclic) bond motifs is 1. The molecule has 3 aromatic heterocycles. The Hall–Kier alpha value is -3.24. The zero-order valence-electron chi connectivity index (χ0n) is 17.1. The standard InChI is InChI=1S/C21H22N6O2S2/c1-13(2)29-15-5-3-4-14(10-15)26-20(28)27-21-23-11-16(31-21)6-8-22-19-18-17(7-9-30-18)24-12-25-19/h3-5,7,9-13H,6,8H2,1-2H3,(H,22,24,25)(H2,23,26,27,28). The molecule has 0 unspecified atom stereocenters. The lowest BCUT2D eigenvalue weighted by atomic mass is 10.3. The Morgan fingerprint density at radius 2 is 2.06 bits per heavy atom. The predicted molar refractivity (Wildman–Crippen MR) is 127 cm³/mol. The topological polar surface area (TPSA) is 101 Å². The summed E-state index contributed by atoms with van der Waals surface area (Å²) in [5.74, 6) is 1.55. The lowest BCUT2D eigenvalue weighted by Gasteiger charge is -2.11. The number of hydrogen-bond donors (Lipinski definition) is 3. The average molecular weight is 455 g/mol. The molecule has 31 heavy (non-hydrogen) atoms. The summed E-state index contributed by atoms with van der Waals surface area (Å²) in [5, 5.41) is 11.5. The molecule has 0 fully saturated rings. The Labute approximate surface area is 187 Å². The summed E-state index contributed by atoms with van der Waals surface area (Å²) in [4.78, 5) is 26.2. The third-order valence-corrected chi connectivity index (χ3v) is 6.03. The Kier molecular flexibility index (Phi) is 6.58. The summed E-state index contributed by atoms with van der Waals surface area (Å²) in [6, 6.07) is 8.92. The first kappa shape index (κ1) is 21.0. The summed E-state index contributed by atoms with van der Waals surface area (Å²) in [7, 11) is 0. The van der Waals surface area contributed by atoms with E-state index in [-0.39, 0.29) is 12.1 Å². The minimum Gasteiger partial charge on any atom is -0.491 e. The molecule has 0 saturated heterocycles. The number of nitrogens with zero attached hydrogens (tertiary/aromatic N) is 3. The van der Waals surface area contributed by atoms with Gasteiger partial charge in [0.2, 0.25) is 0 Å². The van der Waals surface area contributed by atoms with Crippen LogP contribution in [0.4, 0.5) is 21.4 Å². The van der Waals surface area contributed by atoms with E-state index >= 15 is 0 Å². The van der Waals surface area contributed by atoms with Gasteiger partial charge in [0.05, 0.1) is 16.3 Å². The highest BCUT2D eigenvalue weighted by Crippen LogP contribution is 2.25. The number of anilines is 3. The van der Waals surface area contributed by atoms with Crippen LogP contribution in [0.5, 0.6) is 5.75 Å². The Morgan fingerprint density at radius 3 is 2.94 bits per heavy atom. The van der Waals surface area contributed by atoms with Crippen molar-refractivity contribution >= 4 is 55.6 Å². The molecule has 0 aliphatic rings. The van der Waals surface area contributed by atoms with E-state index in [4.69, 9.17) is 4.74 Å². The van der Waals surface area contributed by atoms with Crippen LogP contribution in [-0.2, 0) is 6.42 Å². The molecule has 10 heteroatoms. The second-order valence-corrected chi connectivity index (χ2v) is 8.97. The third kappa shape index (κ3) is 5.68. The van der Waals surface area contributed by atoms with Crippen molar-refractivity contribution in [2.75, 3.05) is 22.5 Å². The number of thiophene rings is 1. The number of hydrogen-bond acceptors (Lipinski definition) is 8. The van der Waals surface area contributed by atoms with Gasteiger partial charge in [-0.15, -0.1) is 22.7 Å². The van der Waals surface area contributed by atoms with Gasteiger partial charge in [0.1, 0.15) is 17.9 Å². The van der Waals surface area contributed by atoms with Crippen molar-refractivity contribution in [2.45, 2.75) is 26.4 Å². The smallest absolute Gasteiger partial charge is 0.325 e. The minimum absolute atomic E-state index is 0.0676. The first-order valence-electron chi connectivity index (χ1n) is 9.78. The molecule has 2 amide bonds. The molecule has 0 aliphatic heterocycles. The van der Waals surface area contributed by atoms with E-state index in [0.29, 0.717) is 23.1 Å². The fourth-order valence-corrected chi connectivity index (χ4v) is 4.50. The second-order valence-electron chi connectivity index (χ2n) is 6.94. The largest absolute Gasteiger partial charge is 0.491 e. The average Bonchev–Trinajstić information content (AvgIpc) is 3.37. The number of ether oxygens (including phenoxy) is 1. The van der Waals surface area contributed by atoms with Gasteiger partial charge in [0, 0.05) is 35.8 Å². The summed E-state index contributed by atoms with van der Waals surface area (Å²) in [6.45, 7) is 4.62. The van der Waals surface area contributed by atoms with Crippen molar-refractivity contribution in [2.24, 2.45) is 0 Å². The SMILES string of the molecule is CC(C)Oc1cccc(NC(=O)Nc2ncc(CCNc3ncnc4ccsc34)s2)c1. The van der Waals surface area contributed by atoms with Crippen LogP contribution in [0.1, 0.15) is 18.7 Å². The zero-order chi connectivity index (χ0) is 21.6. The summed E-state index contributed by atoms with van der Waals surface area (Å²) in [6.07, 6.45) is 4.18. The van der Waals surface area contributed by atoms with Gasteiger partial charge in [-0.2, -0.15) is 0 Å². The highest BCUT2D eigenvalue weighted by Gasteiger charge is 2.09. The molecule has 0 saturated carbocycles. The first-order valence-corrected chi connectivity index (χ1v) is 11.5. The van der Waals surface area contributed by atoms with E-state index in [0.717, 1.165) is 27.3 Å². The highest BCUT2D eigenvalue weighted by atomic mass is 32.1. The number of nitrogens with one attached hydrogen (secondary N) is 3. The minimum atomic E-state index is -0.346. The van der Waals surface area contributed by atoms with E-state index in [1.165, 1.54) is 11.3 Å². The number of thiazole rings is 1. The van der Waals surface area contributed by atoms with E-state index in [1.54, 1.807) is 29.9 Å². The molecule has 4 rings (SSSR count). The zero-order valence-corrected chi connectivity index (χ0v) is 18.7. The quantitative estimate of drug-likeness (QED) is 0.337. The van der Waals surface area contributed by atoms with E-state index in [9.17, 15) is 4.79 Å². The van der Waals surface area contributed by atoms with Gasteiger partial charge in [-0.25, -0.2) is 19.7 Å². The van der Waals surface area contributed by atoms with Crippen LogP contribution in [0.2, 0.25) is 0 Å². The van der Waals surface area contributed by atoms with Crippen LogP contribution in [0.15, 0.2) is 48.2 Å². The molecule has 3 N–H and O–H groups in total.